The summed E-state index contributed by atoms with van der Waals surface area (Å²) in [7, 11) is -5.42. The predicted octanol–water partition coefficient (Wildman–Crippen LogP) is 5.93. The van der Waals surface area contributed by atoms with Crippen molar-refractivity contribution in [2.75, 3.05) is 18.9 Å². The first-order valence-corrected chi connectivity index (χ1v) is 30.0. The lowest BCUT2D eigenvalue weighted by atomic mass is 10.1. The summed E-state index contributed by atoms with van der Waals surface area (Å²) in [5.74, 6) is -0.730. The van der Waals surface area contributed by atoms with E-state index in [0.717, 1.165) is 12.5 Å². The predicted molar refractivity (Wildman–Crippen MR) is 227 cm³/mol. The number of fused-ring (bicyclic) bond motifs is 5. The van der Waals surface area contributed by atoms with Crippen LogP contribution in [0.15, 0.2) is 30.0 Å². The van der Waals surface area contributed by atoms with Crippen LogP contribution in [0.5, 0.6) is 0 Å². The molecule has 4 N–H and O–H groups in total. The maximum absolute atomic E-state index is 15.5. The monoisotopic (exact) mass is 936 g/mol. The summed E-state index contributed by atoms with van der Waals surface area (Å²) in [6.45, 7) is 10.7. The second-order valence-electron chi connectivity index (χ2n) is 17.9. The highest BCUT2D eigenvalue weighted by atomic mass is 32.7. The van der Waals surface area contributed by atoms with Crippen molar-refractivity contribution < 1.29 is 50.3 Å². The number of nitrogen functional groups attached to an aromatic ring is 1. The number of ether oxygens (including phenoxy) is 2. The van der Waals surface area contributed by atoms with E-state index in [1.54, 1.807) is 4.57 Å². The van der Waals surface area contributed by atoms with Crippen LogP contribution in [-0.2, 0) is 52.8 Å². The molecule has 3 saturated heterocycles. The van der Waals surface area contributed by atoms with Gasteiger partial charge in [-0.15, -0.1) is 0 Å². The number of thiol groups is 1. The lowest BCUT2D eigenvalue weighted by Crippen LogP contribution is -2.50. The van der Waals surface area contributed by atoms with Gasteiger partial charge in [-0.2, -0.15) is 0 Å². The minimum absolute atomic E-state index is 0.0377. The molecule has 59 heavy (non-hydrogen) atoms. The molecule has 3 fully saturated rings. The third-order valence-corrected chi connectivity index (χ3v) is 24.0. The second kappa shape index (κ2) is 15.7. The summed E-state index contributed by atoms with van der Waals surface area (Å²) in [5.41, 5.74) is 5.96. The molecule has 4 aromatic heterocycles. The highest BCUT2D eigenvalue weighted by Gasteiger charge is 2.57. The fraction of sp³-hybridized carbons (Fsp3) is 0.667. The Morgan fingerprint density at radius 3 is 2.20 bits per heavy atom. The number of rotatable bonds is 6. The van der Waals surface area contributed by atoms with Gasteiger partial charge in [0.25, 0.3) is 5.56 Å². The molecule has 3 aliphatic heterocycles. The van der Waals surface area contributed by atoms with E-state index in [4.69, 9.17) is 54.0 Å². The summed E-state index contributed by atoms with van der Waals surface area (Å²) in [6.07, 6.45) is -4.21. The van der Waals surface area contributed by atoms with Crippen LogP contribution in [0.1, 0.15) is 54.0 Å². The van der Waals surface area contributed by atoms with E-state index >= 15 is 4.39 Å². The molecule has 19 nitrogen and oxygen atoms in total. The number of halogens is 1. The van der Waals surface area contributed by atoms with Crippen molar-refractivity contribution in [1.29, 1.82) is 0 Å². The van der Waals surface area contributed by atoms with Gasteiger partial charge >= 0.3 is 13.5 Å². The smallest absolute Gasteiger partial charge is 0.386 e. The molecule has 3 aliphatic rings. The molecule has 0 amide bonds. The van der Waals surface area contributed by atoms with Gasteiger partial charge in [0.05, 0.1) is 25.9 Å². The molecule has 0 saturated carbocycles. The third kappa shape index (κ3) is 8.70. The number of nitrogens with zero attached hydrogens (tertiary/aromatic N) is 6. The molecule has 0 aromatic carbocycles. The quantitative estimate of drug-likeness (QED) is 0.0997. The molecule has 0 spiro atoms. The van der Waals surface area contributed by atoms with Gasteiger partial charge in [-0.1, -0.05) is 53.8 Å². The molecule has 10 atom stereocenters. The average Bonchev–Trinajstić information content (AvgIpc) is 3.85. The highest BCUT2D eigenvalue weighted by Crippen LogP contribution is 2.59. The number of aromatic nitrogens is 7. The molecular weight excluding hydrogens is 886 g/mol. The third-order valence-electron chi connectivity index (χ3n) is 11.9. The fourth-order valence-electron chi connectivity index (χ4n) is 6.68. The Labute approximate surface area is 352 Å². The Bertz CT molecular complexity index is 2390. The standard InChI is InChI=1S/C33H51FN8O11P2S2Si2/c1-32(2,3)58(7,8)52-23-19-13-47-54(44,56)50-22-18(12-46-55(45,57)51-24(23)30(49-19)42-16-40-21-26(35)36-14-38-28(21)42)48-31(25(22)53-59(9,10)33(4,5)6)41-11-17(34)20-27(41)37-15-39-29(20)43/h11,14-16,18-19,22-25,30-31H,12-13H2,1-10H3,(H,44,56)(H,45,57)(H2,35,36,38)(H,37,39,43)/t18-,19-,22-,23-,24-,25-,30-,31-,54?,55?/m1/s1. The number of nitrogens with two attached hydrogens (primary N) is 1. The van der Waals surface area contributed by atoms with E-state index in [2.05, 4.69) is 57.9 Å². The summed E-state index contributed by atoms with van der Waals surface area (Å²) >= 11 is 10.1. The van der Waals surface area contributed by atoms with Crippen LogP contribution >= 0.6 is 25.8 Å². The molecule has 326 valence electrons. The molecule has 2 unspecified atom stereocenters. The molecule has 0 radical (unpaired) electrons. The van der Waals surface area contributed by atoms with Gasteiger partial charge in [-0.05, 0) is 48.1 Å². The summed E-state index contributed by atoms with van der Waals surface area (Å²) in [4.78, 5) is 44.0. The van der Waals surface area contributed by atoms with Crippen molar-refractivity contribution in [1.82, 2.24) is 34.1 Å². The lowest BCUT2D eigenvalue weighted by molar-refractivity contribution is -0.0585. The number of hydrogen-bond acceptors (Lipinski definition) is 16. The molecule has 26 heteroatoms. The minimum Gasteiger partial charge on any atom is -0.408 e. The Morgan fingerprint density at radius 2 is 1.54 bits per heavy atom. The van der Waals surface area contributed by atoms with Crippen LogP contribution in [0.3, 0.4) is 0 Å². The topological polar surface area (TPSA) is 231 Å². The van der Waals surface area contributed by atoms with Gasteiger partial charge in [-0.3, -0.25) is 22.9 Å². The molecule has 7 rings (SSSR count). The van der Waals surface area contributed by atoms with Crippen LogP contribution in [0, 0.1) is 5.82 Å². The van der Waals surface area contributed by atoms with Crippen molar-refractivity contribution in [3.63, 3.8) is 0 Å². The largest absolute Gasteiger partial charge is 0.408 e. The van der Waals surface area contributed by atoms with E-state index in [9.17, 15) is 14.3 Å². The van der Waals surface area contributed by atoms with Gasteiger partial charge < -0.3 is 43.0 Å². The van der Waals surface area contributed by atoms with Crippen molar-refractivity contribution in [3.8, 4) is 0 Å². The zero-order valence-electron chi connectivity index (χ0n) is 34.3. The first-order chi connectivity index (χ1) is 27.2. The Kier molecular flexibility index (Phi) is 12.0. The van der Waals surface area contributed by atoms with E-state index in [1.807, 2.05) is 47.0 Å². The Morgan fingerprint density at radius 1 is 0.915 bits per heavy atom. The number of nitrogens with one attached hydrogen (secondary N) is 1. The minimum atomic E-state index is -4.41. The van der Waals surface area contributed by atoms with Crippen molar-refractivity contribution in [2.24, 2.45) is 0 Å². The highest BCUT2D eigenvalue weighted by molar-refractivity contribution is 8.44. The van der Waals surface area contributed by atoms with Crippen molar-refractivity contribution >= 4 is 82.2 Å². The molecule has 7 heterocycles. The maximum atomic E-state index is 15.5. The first kappa shape index (κ1) is 45.0. The normalized spacial score (nSPS) is 32.8. The fourth-order valence-corrected chi connectivity index (χ4v) is 12.2. The molecule has 4 aromatic rings. The van der Waals surface area contributed by atoms with Crippen LogP contribution in [0.4, 0.5) is 10.2 Å². The van der Waals surface area contributed by atoms with E-state index in [-0.39, 0.29) is 33.5 Å². The Hall–Kier alpha value is -2.00. The maximum Gasteiger partial charge on any atom is 0.386 e. The zero-order valence-corrected chi connectivity index (χ0v) is 39.8. The summed E-state index contributed by atoms with van der Waals surface area (Å²) in [6, 6.07) is 0. The molecule has 0 aliphatic carbocycles. The van der Waals surface area contributed by atoms with E-state index < -0.39 is 97.2 Å². The number of anilines is 1. The lowest BCUT2D eigenvalue weighted by Gasteiger charge is -2.41. The summed E-state index contributed by atoms with van der Waals surface area (Å²) < 4.78 is 84.7. The second-order valence-corrected chi connectivity index (χ2v) is 33.1. The van der Waals surface area contributed by atoms with Crippen LogP contribution in [-0.4, -0.2) is 105 Å². The van der Waals surface area contributed by atoms with Gasteiger partial charge in [0.15, 0.2) is 52.0 Å². The molecular formula is C33H51FN8O11P2S2Si2. The van der Waals surface area contributed by atoms with Crippen molar-refractivity contribution in [2.45, 2.75) is 127 Å². The number of hydrogen-bond donors (Lipinski definition) is 4. The van der Waals surface area contributed by atoms with Crippen LogP contribution < -0.4 is 11.3 Å². The van der Waals surface area contributed by atoms with E-state index in [1.165, 1.54) is 17.2 Å². The van der Waals surface area contributed by atoms with Gasteiger partial charge in [-0.25, -0.2) is 28.9 Å². The Balaban J connectivity index is 1.31. The first-order valence-electron chi connectivity index (χ1n) is 18.8. The van der Waals surface area contributed by atoms with Gasteiger partial charge in [0.1, 0.15) is 53.9 Å². The van der Waals surface area contributed by atoms with Gasteiger partial charge in [0, 0.05) is 6.20 Å². The SMILES string of the molecule is CC(C)(C)[Si](C)(C)O[C@@H]1[C@@H]2OP(O)(=S)OC[C@H]3O[C@@H](n4cnc5c(N)ncnc54)[C@H](OP(=O)(S)OC[C@H]2O[C@H]1n1cc(F)c2c(=O)[nH]cnc21)[C@@H]3O[Si](C)(C)C(C)(C)C. The van der Waals surface area contributed by atoms with Gasteiger partial charge in [0.2, 0.25) is 0 Å². The number of H-pyrrole nitrogens is 1. The zero-order chi connectivity index (χ0) is 43.2. The number of imidazole rings is 1. The van der Waals surface area contributed by atoms with E-state index in [0.29, 0.717) is 11.2 Å². The number of aromatic amines is 1. The van der Waals surface area contributed by atoms with Crippen LogP contribution in [0.2, 0.25) is 36.3 Å². The average molecular weight is 937 g/mol. The molecule has 2 bridgehead atoms. The summed E-state index contributed by atoms with van der Waals surface area (Å²) in [5, 5.41) is -0.959. The van der Waals surface area contributed by atoms with Crippen molar-refractivity contribution in [3.05, 3.63) is 41.3 Å². The van der Waals surface area contributed by atoms with Crippen LogP contribution in [0.25, 0.3) is 22.2 Å².